The van der Waals surface area contributed by atoms with Crippen LogP contribution in [0.5, 0.6) is 11.5 Å². The number of methoxy groups -OCH3 is 2. The number of anilines is 1. The molecule has 198 valence electrons. The summed E-state index contributed by atoms with van der Waals surface area (Å²) in [5.74, 6) is -0.564. The number of hydrogen-bond acceptors (Lipinski definition) is 10. The number of amides is 1. The van der Waals surface area contributed by atoms with Gasteiger partial charge in [-0.3, -0.25) is 29.3 Å². The van der Waals surface area contributed by atoms with Crippen LogP contribution in [0, 0.1) is 20.2 Å². The number of hydrazone groups is 1. The molecule has 0 saturated carbocycles. The maximum atomic E-state index is 13.7. The van der Waals surface area contributed by atoms with Crippen LogP contribution in [0.2, 0.25) is 0 Å². The number of para-hydroxylation sites is 1. The smallest absolute Gasteiger partial charge is 0.289 e. The van der Waals surface area contributed by atoms with Crippen LogP contribution in [0.1, 0.15) is 5.56 Å². The van der Waals surface area contributed by atoms with E-state index in [0.717, 1.165) is 18.3 Å². The molecule has 0 aliphatic rings. The standard InChI is InChI=1S/C23H21N5O9S/c1-36-18-10-11-19(21(13-18)37-2)26(38(34,35)22-9-4-3-8-20(22)28(32)33)15-23(29)25-24-14-16-6-5-7-17(12-16)27(30)31/h3-14H,15H2,1-2H3,(H,25,29)/b24-14-. The van der Waals surface area contributed by atoms with Gasteiger partial charge >= 0.3 is 0 Å². The number of rotatable bonds is 11. The molecule has 0 aliphatic carbocycles. The molecule has 15 heteroatoms. The molecule has 3 aromatic carbocycles. The Morgan fingerprint density at radius 1 is 1.00 bits per heavy atom. The van der Waals surface area contributed by atoms with Gasteiger partial charge in [0.05, 0.1) is 36.0 Å². The van der Waals surface area contributed by atoms with Crippen molar-refractivity contribution in [3.05, 3.63) is 92.5 Å². The first kappa shape index (κ1) is 27.5. The Balaban J connectivity index is 1.99. The quantitative estimate of drug-likeness (QED) is 0.216. The Labute approximate surface area is 216 Å². The summed E-state index contributed by atoms with van der Waals surface area (Å²) in [7, 11) is -2.02. The maximum Gasteiger partial charge on any atom is 0.289 e. The topological polar surface area (TPSA) is 184 Å². The van der Waals surface area contributed by atoms with E-state index < -0.39 is 42.9 Å². The zero-order chi connectivity index (χ0) is 27.9. The summed E-state index contributed by atoms with van der Waals surface area (Å²) in [5, 5.41) is 26.2. The summed E-state index contributed by atoms with van der Waals surface area (Å²) in [6, 6.07) is 14.3. The van der Waals surface area contributed by atoms with Crippen molar-refractivity contribution < 1.29 is 32.5 Å². The van der Waals surface area contributed by atoms with Crippen molar-refractivity contribution in [3.63, 3.8) is 0 Å². The first-order chi connectivity index (χ1) is 18.1. The van der Waals surface area contributed by atoms with Crippen molar-refractivity contribution in [1.29, 1.82) is 0 Å². The zero-order valence-corrected chi connectivity index (χ0v) is 20.8. The minimum atomic E-state index is -4.69. The van der Waals surface area contributed by atoms with E-state index in [1.165, 1.54) is 68.8 Å². The van der Waals surface area contributed by atoms with Crippen molar-refractivity contribution >= 4 is 39.2 Å². The van der Waals surface area contributed by atoms with Gasteiger partial charge in [-0.05, 0) is 18.2 Å². The SMILES string of the molecule is COc1ccc(N(CC(=O)N/N=C\c2cccc([N+](=O)[O-])c2)S(=O)(=O)c2ccccc2[N+](=O)[O-])c(OC)c1. The Hall–Kier alpha value is -5.05. The zero-order valence-electron chi connectivity index (χ0n) is 20.0. The van der Waals surface area contributed by atoms with E-state index in [1.54, 1.807) is 0 Å². The number of nitrogens with zero attached hydrogens (tertiary/aromatic N) is 4. The largest absolute Gasteiger partial charge is 0.497 e. The van der Waals surface area contributed by atoms with E-state index in [0.29, 0.717) is 15.6 Å². The van der Waals surface area contributed by atoms with Gasteiger partial charge in [-0.15, -0.1) is 0 Å². The highest BCUT2D eigenvalue weighted by Crippen LogP contribution is 2.37. The molecule has 0 fully saturated rings. The molecule has 0 unspecified atom stereocenters. The van der Waals surface area contributed by atoms with Crippen LogP contribution in [0.4, 0.5) is 17.1 Å². The van der Waals surface area contributed by atoms with Crippen LogP contribution in [-0.2, 0) is 14.8 Å². The minimum absolute atomic E-state index is 0.0133. The Morgan fingerprint density at radius 2 is 1.74 bits per heavy atom. The molecule has 0 atom stereocenters. The molecule has 3 aromatic rings. The van der Waals surface area contributed by atoms with Crippen molar-refractivity contribution in [2.24, 2.45) is 5.10 Å². The summed E-state index contributed by atoms with van der Waals surface area (Å²) < 4.78 is 38.4. The fourth-order valence-electron chi connectivity index (χ4n) is 3.30. The van der Waals surface area contributed by atoms with Crippen LogP contribution >= 0.6 is 0 Å². The lowest BCUT2D eigenvalue weighted by atomic mass is 10.2. The van der Waals surface area contributed by atoms with Crippen LogP contribution in [-0.4, -0.2) is 51.2 Å². The molecule has 0 aromatic heterocycles. The summed E-state index contributed by atoms with van der Waals surface area (Å²) in [5.41, 5.74) is 1.50. The summed E-state index contributed by atoms with van der Waals surface area (Å²) in [6.07, 6.45) is 1.14. The van der Waals surface area contributed by atoms with Gasteiger partial charge in [-0.25, -0.2) is 13.8 Å². The molecule has 3 rings (SSSR count). The lowest BCUT2D eigenvalue weighted by molar-refractivity contribution is -0.387. The van der Waals surface area contributed by atoms with E-state index in [9.17, 15) is 33.4 Å². The van der Waals surface area contributed by atoms with Crippen molar-refractivity contribution in [3.8, 4) is 11.5 Å². The molecule has 0 saturated heterocycles. The Bertz CT molecular complexity index is 1510. The van der Waals surface area contributed by atoms with Crippen LogP contribution in [0.25, 0.3) is 0 Å². The highest BCUT2D eigenvalue weighted by Gasteiger charge is 2.34. The first-order valence-corrected chi connectivity index (χ1v) is 12.1. The average Bonchev–Trinajstić information content (AvgIpc) is 2.91. The number of carbonyl (C=O) groups is 1. The molecule has 1 amide bonds. The molecule has 0 spiro atoms. The van der Waals surface area contributed by atoms with E-state index in [2.05, 4.69) is 10.5 Å². The highest BCUT2D eigenvalue weighted by atomic mass is 32.2. The number of benzene rings is 3. The maximum absolute atomic E-state index is 13.7. The number of hydrogen-bond donors (Lipinski definition) is 1. The number of non-ortho nitro benzene ring substituents is 1. The normalized spacial score (nSPS) is 11.1. The second-order valence-electron chi connectivity index (χ2n) is 7.42. The predicted molar refractivity (Wildman–Crippen MR) is 136 cm³/mol. The third-order valence-corrected chi connectivity index (χ3v) is 6.86. The molecule has 0 radical (unpaired) electrons. The molecule has 38 heavy (non-hydrogen) atoms. The van der Waals surface area contributed by atoms with E-state index in [4.69, 9.17) is 9.47 Å². The van der Waals surface area contributed by atoms with Gasteiger partial charge < -0.3 is 9.47 Å². The van der Waals surface area contributed by atoms with Gasteiger partial charge in [-0.1, -0.05) is 24.3 Å². The third-order valence-electron chi connectivity index (χ3n) is 5.06. The van der Waals surface area contributed by atoms with Gasteiger partial charge in [0, 0.05) is 29.8 Å². The number of nitro benzene ring substituents is 2. The Kier molecular flexibility index (Phi) is 8.54. The van der Waals surface area contributed by atoms with Crippen LogP contribution in [0.15, 0.2) is 76.7 Å². The average molecular weight is 544 g/mol. The predicted octanol–water partition coefficient (Wildman–Crippen LogP) is 2.87. The third kappa shape index (κ3) is 6.19. The fourth-order valence-corrected chi connectivity index (χ4v) is 4.89. The summed E-state index contributed by atoms with van der Waals surface area (Å²) in [6.45, 7) is -0.844. The van der Waals surface area contributed by atoms with Gasteiger partial charge in [0.25, 0.3) is 27.3 Å². The number of nitrogens with one attached hydrogen (secondary N) is 1. The highest BCUT2D eigenvalue weighted by molar-refractivity contribution is 7.93. The number of sulfonamides is 1. The molecule has 0 heterocycles. The van der Waals surface area contributed by atoms with Crippen molar-refractivity contribution in [1.82, 2.24) is 5.43 Å². The lowest BCUT2D eigenvalue weighted by Gasteiger charge is -2.25. The molecule has 1 N–H and O–H groups in total. The molecule has 0 aliphatic heterocycles. The van der Waals surface area contributed by atoms with E-state index >= 15 is 0 Å². The second-order valence-corrected chi connectivity index (χ2v) is 9.25. The molecule has 14 nitrogen and oxygen atoms in total. The van der Waals surface area contributed by atoms with Crippen molar-refractivity contribution in [2.45, 2.75) is 4.90 Å². The second kappa shape index (κ2) is 11.8. The summed E-state index contributed by atoms with van der Waals surface area (Å²) in [4.78, 5) is 33.2. The van der Waals surface area contributed by atoms with E-state index in [1.807, 2.05) is 0 Å². The number of ether oxygens (including phenoxy) is 2. The van der Waals surface area contributed by atoms with Crippen molar-refractivity contribution in [2.75, 3.05) is 25.1 Å². The van der Waals surface area contributed by atoms with Gasteiger partial charge in [-0.2, -0.15) is 5.10 Å². The number of carbonyl (C=O) groups excluding carboxylic acids is 1. The monoisotopic (exact) mass is 543 g/mol. The molecular formula is C23H21N5O9S. The fraction of sp³-hybridized carbons (Fsp3) is 0.130. The first-order valence-electron chi connectivity index (χ1n) is 10.6. The molecule has 0 bridgehead atoms. The minimum Gasteiger partial charge on any atom is -0.497 e. The van der Waals surface area contributed by atoms with Gasteiger partial charge in [0.1, 0.15) is 18.0 Å². The van der Waals surface area contributed by atoms with Crippen LogP contribution in [0.3, 0.4) is 0 Å². The Morgan fingerprint density at radius 3 is 2.39 bits per heavy atom. The summed E-state index contributed by atoms with van der Waals surface area (Å²) >= 11 is 0. The van der Waals surface area contributed by atoms with Gasteiger partial charge in [0.2, 0.25) is 0 Å². The van der Waals surface area contributed by atoms with Gasteiger partial charge in [0.15, 0.2) is 4.90 Å². The van der Waals surface area contributed by atoms with E-state index in [-0.39, 0.29) is 17.1 Å². The lowest BCUT2D eigenvalue weighted by Crippen LogP contribution is -2.40. The van der Waals surface area contributed by atoms with Crippen LogP contribution < -0.4 is 19.2 Å². The molecular weight excluding hydrogens is 522 g/mol. The number of nitro groups is 2.